The van der Waals surface area contributed by atoms with Gasteiger partial charge in [-0.05, 0) is 6.92 Å². The lowest BCUT2D eigenvalue weighted by molar-refractivity contribution is -0.124. The fraction of sp³-hybridized carbons (Fsp3) is 0.875. The summed E-state index contributed by atoms with van der Waals surface area (Å²) in [5, 5.41) is 2.68. The van der Waals surface area contributed by atoms with Gasteiger partial charge in [0.15, 0.2) is 0 Å². The minimum atomic E-state index is -0.468. The first-order chi connectivity index (χ1) is 6.20. The van der Waals surface area contributed by atoms with Gasteiger partial charge in [-0.15, -0.1) is 0 Å². The van der Waals surface area contributed by atoms with Gasteiger partial charge in [-0.25, -0.2) is 0 Å². The Hall–Kier alpha value is -0.650. The molecular weight excluding hydrogens is 172 g/mol. The molecule has 2 atom stereocenters. The van der Waals surface area contributed by atoms with E-state index >= 15 is 0 Å². The van der Waals surface area contributed by atoms with Crippen LogP contribution in [-0.2, 0) is 14.3 Å². The molecule has 13 heavy (non-hydrogen) atoms. The monoisotopic (exact) mass is 188 g/mol. The smallest absolute Gasteiger partial charge is 0.236 e. The number of hydrogen-bond acceptors (Lipinski definition) is 4. The number of ether oxygens (including phenoxy) is 2. The van der Waals surface area contributed by atoms with Gasteiger partial charge in [0.25, 0.3) is 0 Å². The molecule has 76 valence electrons. The third-order valence-electron chi connectivity index (χ3n) is 1.80. The molecule has 0 radical (unpaired) electrons. The fourth-order valence-corrected chi connectivity index (χ4v) is 1.03. The summed E-state index contributed by atoms with van der Waals surface area (Å²) >= 11 is 0. The first kappa shape index (κ1) is 10.4. The lowest BCUT2D eigenvalue weighted by Gasteiger charge is -2.23. The molecule has 3 N–H and O–H groups in total. The van der Waals surface area contributed by atoms with E-state index in [0.29, 0.717) is 26.4 Å². The van der Waals surface area contributed by atoms with Crippen LogP contribution in [0.4, 0.5) is 0 Å². The van der Waals surface area contributed by atoms with Crippen molar-refractivity contribution in [2.75, 3.05) is 26.4 Å². The number of hydrogen-bond donors (Lipinski definition) is 2. The van der Waals surface area contributed by atoms with Crippen LogP contribution in [-0.4, -0.2) is 44.4 Å². The maximum atomic E-state index is 11.1. The van der Waals surface area contributed by atoms with Gasteiger partial charge in [0.05, 0.1) is 32.0 Å². The SMILES string of the molecule is CC(N)C(=O)NCC1COCCO1. The average molecular weight is 188 g/mol. The predicted octanol–water partition coefficient (Wildman–Crippen LogP) is -1.13. The molecular formula is C8H16N2O3. The van der Waals surface area contributed by atoms with E-state index in [9.17, 15) is 4.79 Å². The standard InChI is InChI=1S/C8H16N2O3/c1-6(9)8(11)10-4-7-5-12-2-3-13-7/h6-7H,2-5,9H2,1H3,(H,10,11). The van der Waals surface area contributed by atoms with Crippen molar-refractivity contribution < 1.29 is 14.3 Å². The summed E-state index contributed by atoms with van der Waals surface area (Å²) in [6, 6.07) is -0.468. The van der Waals surface area contributed by atoms with Crippen LogP contribution in [0.1, 0.15) is 6.92 Å². The topological polar surface area (TPSA) is 73.6 Å². The van der Waals surface area contributed by atoms with Crippen LogP contribution in [0.3, 0.4) is 0 Å². The lowest BCUT2D eigenvalue weighted by Crippen LogP contribution is -2.44. The quantitative estimate of drug-likeness (QED) is 0.587. The molecule has 0 aromatic rings. The first-order valence-corrected chi connectivity index (χ1v) is 4.43. The van der Waals surface area contributed by atoms with Gasteiger partial charge in [0.2, 0.25) is 5.91 Å². The fourth-order valence-electron chi connectivity index (χ4n) is 1.03. The second-order valence-electron chi connectivity index (χ2n) is 3.10. The first-order valence-electron chi connectivity index (χ1n) is 4.43. The van der Waals surface area contributed by atoms with Gasteiger partial charge >= 0.3 is 0 Å². The van der Waals surface area contributed by atoms with Crippen LogP contribution < -0.4 is 11.1 Å². The van der Waals surface area contributed by atoms with E-state index in [4.69, 9.17) is 15.2 Å². The molecule has 0 bridgehead atoms. The van der Waals surface area contributed by atoms with E-state index in [0.717, 1.165) is 0 Å². The highest BCUT2D eigenvalue weighted by Gasteiger charge is 2.15. The lowest BCUT2D eigenvalue weighted by atomic mass is 10.3. The van der Waals surface area contributed by atoms with Gasteiger partial charge in [0, 0.05) is 6.54 Å². The Labute approximate surface area is 77.6 Å². The number of carbonyl (C=O) groups is 1. The van der Waals surface area contributed by atoms with Crippen LogP contribution in [0.25, 0.3) is 0 Å². The molecule has 1 aliphatic rings. The molecule has 1 amide bonds. The van der Waals surface area contributed by atoms with Gasteiger partial charge < -0.3 is 20.5 Å². The van der Waals surface area contributed by atoms with E-state index in [1.165, 1.54) is 0 Å². The molecule has 1 heterocycles. The minimum absolute atomic E-state index is 0.0311. The van der Waals surface area contributed by atoms with Crippen molar-refractivity contribution in [3.05, 3.63) is 0 Å². The maximum absolute atomic E-state index is 11.1. The normalized spacial score (nSPS) is 25.2. The van der Waals surface area contributed by atoms with E-state index in [2.05, 4.69) is 5.32 Å². The van der Waals surface area contributed by atoms with E-state index < -0.39 is 6.04 Å². The van der Waals surface area contributed by atoms with Crippen molar-refractivity contribution in [1.29, 1.82) is 0 Å². The Kier molecular flexibility index (Phi) is 4.14. The number of carbonyl (C=O) groups excluding carboxylic acids is 1. The Morgan fingerprint density at radius 1 is 1.69 bits per heavy atom. The summed E-state index contributed by atoms with van der Waals surface area (Å²) in [5.74, 6) is -0.158. The van der Waals surface area contributed by atoms with Gasteiger partial charge in [0.1, 0.15) is 0 Å². The molecule has 0 saturated carbocycles. The van der Waals surface area contributed by atoms with E-state index in [1.54, 1.807) is 6.92 Å². The zero-order valence-electron chi connectivity index (χ0n) is 7.79. The van der Waals surface area contributed by atoms with Crippen LogP contribution in [0.2, 0.25) is 0 Å². The van der Waals surface area contributed by atoms with Gasteiger partial charge in [-0.1, -0.05) is 0 Å². The van der Waals surface area contributed by atoms with Crippen molar-refractivity contribution in [3.8, 4) is 0 Å². The molecule has 1 fully saturated rings. The van der Waals surface area contributed by atoms with Gasteiger partial charge in [-0.2, -0.15) is 0 Å². The predicted molar refractivity (Wildman–Crippen MR) is 47.2 cm³/mol. The van der Waals surface area contributed by atoms with Crippen molar-refractivity contribution in [2.24, 2.45) is 5.73 Å². The molecule has 1 saturated heterocycles. The molecule has 1 rings (SSSR count). The largest absolute Gasteiger partial charge is 0.376 e. The molecule has 0 aromatic carbocycles. The molecule has 0 aliphatic carbocycles. The molecule has 2 unspecified atom stereocenters. The summed E-state index contributed by atoms with van der Waals surface area (Å²) in [5.41, 5.74) is 5.37. The zero-order valence-corrected chi connectivity index (χ0v) is 7.79. The minimum Gasteiger partial charge on any atom is -0.376 e. The number of nitrogens with two attached hydrogens (primary N) is 1. The Bertz CT molecular complexity index is 167. The summed E-state index contributed by atoms with van der Waals surface area (Å²) in [6.07, 6.45) is -0.0311. The van der Waals surface area contributed by atoms with Crippen LogP contribution in [0.5, 0.6) is 0 Å². The highest BCUT2D eigenvalue weighted by molar-refractivity contribution is 5.80. The Morgan fingerprint density at radius 3 is 3.00 bits per heavy atom. The third kappa shape index (κ3) is 3.71. The molecule has 0 aromatic heterocycles. The van der Waals surface area contributed by atoms with Crippen molar-refractivity contribution >= 4 is 5.91 Å². The van der Waals surface area contributed by atoms with Crippen molar-refractivity contribution in [1.82, 2.24) is 5.32 Å². The van der Waals surface area contributed by atoms with Gasteiger partial charge in [-0.3, -0.25) is 4.79 Å². The third-order valence-corrected chi connectivity index (χ3v) is 1.80. The molecule has 5 nitrogen and oxygen atoms in total. The number of nitrogens with one attached hydrogen (secondary N) is 1. The van der Waals surface area contributed by atoms with Crippen molar-refractivity contribution in [2.45, 2.75) is 19.1 Å². The highest BCUT2D eigenvalue weighted by Crippen LogP contribution is 1.98. The Balaban J connectivity index is 2.13. The molecule has 1 aliphatic heterocycles. The molecule has 5 heteroatoms. The zero-order chi connectivity index (χ0) is 9.68. The summed E-state index contributed by atoms with van der Waals surface area (Å²) < 4.78 is 10.5. The van der Waals surface area contributed by atoms with Crippen molar-refractivity contribution in [3.63, 3.8) is 0 Å². The second-order valence-corrected chi connectivity index (χ2v) is 3.10. The second kappa shape index (κ2) is 5.16. The maximum Gasteiger partial charge on any atom is 0.236 e. The number of rotatable bonds is 3. The summed E-state index contributed by atoms with van der Waals surface area (Å²) in [4.78, 5) is 11.1. The summed E-state index contributed by atoms with van der Waals surface area (Å²) in [7, 11) is 0. The average Bonchev–Trinajstić information content (AvgIpc) is 2.15. The van der Waals surface area contributed by atoms with E-state index in [1.807, 2.05) is 0 Å². The summed E-state index contributed by atoms with van der Waals surface area (Å²) in [6.45, 7) is 3.89. The highest BCUT2D eigenvalue weighted by atomic mass is 16.6. The van der Waals surface area contributed by atoms with E-state index in [-0.39, 0.29) is 12.0 Å². The van der Waals surface area contributed by atoms with Crippen LogP contribution in [0.15, 0.2) is 0 Å². The Morgan fingerprint density at radius 2 is 2.46 bits per heavy atom. The number of amides is 1. The molecule has 0 spiro atoms. The van der Waals surface area contributed by atoms with Crippen LogP contribution >= 0.6 is 0 Å². The van der Waals surface area contributed by atoms with Crippen LogP contribution in [0, 0.1) is 0 Å².